The maximum atomic E-state index is 4.39. The molecule has 0 fully saturated rings. The number of aromatic amines is 1. The van der Waals surface area contributed by atoms with Crippen molar-refractivity contribution < 1.29 is 0 Å². The van der Waals surface area contributed by atoms with E-state index in [1.165, 1.54) is 0 Å². The Bertz CT molecular complexity index is 303. The van der Waals surface area contributed by atoms with Gasteiger partial charge in [-0.05, 0) is 0 Å². The Hall–Kier alpha value is -1.36. The van der Waals surface area contributed by atoms with Gasteiger partial charge < -0.3 is 15.2 Å². The zero-order chi connectivity index (χ0) is 9.80. The normalized spacial score (nSPS) is 16.1. The third kappa shape index (κ3) is 2.11. The molecule has 0 saturated carbocycles. The van der Waals surface area contributed by atoms with E-state index < -0.39 is 0 Å². The topological polar surface area (TPSA) is 56.3 Å². The largest absolute Gasteiger partial charge is 0.361 e. The van der Waals surface area contributed by atoms with E-state index in [-0.39, 0.29) is 0 Å². The summed E-state index contributed by atoms with van der Waals surface area (Å²) in [6.07, 6.45) is 3.59. The highest BCUT2D eigenvalue weighted by atomic mass is 15.2. The van der Waals surface area contributed by atoms with Crippen molar-refractivity contribution in [3.63, 3.8) is 0 Å². The summed E-state index contributed by atoms with van der Waals surface area (Å²) < 4.78 is 0. The average Bonchev–Trinajstić information content (AvgIpc) is 2.78. The molecule has 2 N–H and O–H groups in total. The maximum Gasteiger partial charge on any atom is 0.120 e. The highest BCUT2D eigenvalue weighted by molar-refractivity contribution is 5.85. The molecule has 5 nitrogen and oxygen atoms in total. The van der Waals surface area contributed by atoms with Gasteiger partial charge >= 0.3 is 0 Å². The number of nitrogens with one attached hydrogen (secondary N) is 2. The second-order valence-electron chi connectivity index (χ2n) is 3.36. The molecule has 1 aliphatic rings. The Labute approximate surface area is 83.2 Å². The SMILES string of the molecule is CN1CCN=C1CNCc1ncc[nH]1. The quantitative estimate of drug-likeness (QED) is 0.699. The molecule has 0 saturated heterocycles. The lowest BCUT2D eigenvalue weighted by Gasteiger charge is -2.13. The summed E-state index contributed by atoms with van der Waals surface area (Å²) in [4.78, 5) is 13.7. The smallest absolute Gasteiger partial charge is 0.120 e. The van der Waals surface area contributed by atoms with Gasteiger partial charge in [-0.15, -0.1) is 0 Å². The van der Waals surface area contributed by atoms with Crippen LogP contribution in [0.1, 0.15) is 5.82 Å². The van der Waals surface area contributed by atoms with Crippen LogP contribution in [0.4, 0.5) is 0 Å². The Morgan fingerprint density at radius 1 is 1.57 bits per heavy atom. The number of amidine groups is 1. The minimum absolute atomic E-state index is 0.764. The van der Waals surface area contributed by atoms with Crippen LogP contribution in [0.5, 0.6) is 0 Å². The molecule has 0 unspecified atom stereocenters. The van der Waals surface area contributed by atoms with Crippen LogP contribution in [0.3, 0.4) is 0 Å². The fraction of sp³-hybridized carbons (Fsp3) is 0.556. The third-order valence-corrected chi connectivity index (χ3v) is 2.30. The van der Waals surface area contributed by atoms with Gasteiger partial charge in [-0.25, -0.2) is 4.98 Å². The lowest BCUT2D eigenvalue weighted by molar-refractivity contribution is 0.540. The van der Waals surface area contributed by atoms with Crippen LogP contribution in [-0.2, 0) is 6.54 Å². The Kier molecular flexibility index (Phi) is 2.78. The first-order chi connectivity index (χ1) is 6.86. The number of nitrogens with zero attached hydrogens (tertiary/aromatic N) is 3. The number of aliphatic imine (C=N–C) groups is 1. The molecule has 0 spiro atoms. The van der Waals surface area contributed by atoms with Crippen molar-refractivity contribution >= 4 is 5.84 Å². The number of rotatable bonds is 4. The third-order valence-electron chi connectivity index (χ3n) is 2.30. The summed E-state index contributed by atoms with van der Waals surface area (Å²) in [7, 11) is 2.07. The Morgan fingerprint density at radius 2 is 2.50 bits per heavy atom. The van der Waals surface area contributed by atoms with Crippen LogP contribution in [0.15, 0.2) is 17.4 Å². The van der Waals surface area contributed by atoms with E-state index in [9.17, 15) is 0 Å². The summed E-state index contributed by atoms with van der Waals surface area (Å²) in [6, 6.07) is 0. The fourth-order valence-electron chi connectivity index (χ4n) is 1.46. The standard InChI is InChI=1S/C9H15N5/c1-14-5-4-13-9(14)7-10-6-8-11-2-3-12-8/h2-3,10H,4-7H2,1H3,(H,11,12). The zero-order valence-corrected chi connectivity index (χ0v) is 8.32. The number of aromatic nitrogens is 2. The van der Waals surface area contributed by atoms with E-state index in [0.717, 1.165) is 37.8 Å². The van der Waals surface area contributed by atoms with Gasteiger partial charge in [0.1, 0.15) is 11.7 Å². The first kappa shape index (κ1) is 9.21. The molecule has 5 heteroatoms. The number of hydrogen-bond donors (Lipinski definition) is 2. The van der Waals surface area contributed by atoms with Gasteiger partial charge in [0, 0.05) is 26.0 Å². The molecule has 0 aliphatic carbocycles. The van der Waals surface area contributed by atoms with Crippen molar-refractivity contribution in [2.75, 3.05) is 26.7 Å². The van der Waals surface area contributed by atoms with E-state index in [1.807, 2.05) is 6.20 Å². The van der Waals surface area contributed by atoms with Gasteiger partial charge in [0.15, 0.2) is 0 Å². The zero-order valence-electron chi connectivity index (χ0n) is 8.32. The van der Waals surface area contributed by atoms with Gasteiger partial charge in [0.05, 0.1) is 19.6 Å². The first-order valence-electron chi connectivity index (χ1n) is 4.79. The van der Waals surface area contributed by atoms with Gasteiger partial charge in [-0.1, -0.05) is 0 Å². The summed E-state index contributed by atoms with van der Waals surface area (Å²) in [5.41, 5.74) is 0. The van der Waals surface area contributed by atoms with Crippen LogP contribution in [-0.4, -0.2) is 47.4 Å². The van der Waals surface area contributed by atoms with Crippen molar-refractivity contribution in [2.45, 2.75) is 6.54 Å². The van der Waals surface area contributed by atoms with E-state index in [4.69, 9.17) is 0 Å². The monoisotopic (exact) mass is 193 g/mol. The minimum atomic E-state index is 0.764. The number of H-pyrrole nitrogens is 1. The summed E-state index contributed by atoms with van der Waals surface area (Å²) in [6.45, 7) is 3.54. The van der Waals surface area contributed by atoms with E-state index >= 15 is 0 Å². The maximum absolute atomic E-state index is 4.39. The minimum Gasteiger partial charge on any atom is -0.361 e. The lowest BCUT2D eigenvalue weighted by Crippen LogP contribution is -2.32. The van der Waals surface area contributed by atoms with E-state index in [0.29, 0.717) is 0 Å². The molecule has 76 valence electrons. The molecule has 0 atom stereocenters. The van der Waals surface area contributed by atoms with Crippen LogP contribution in [0.2, 0.25) is 0 Å². The molecule has 0 aromatic carbocycles. The molecule has 2 heterocycles. The number of imidazole rings is 1. The summed E-state index contributed by atoms with van der Waals surface area (Å²) in [5.74, 6) is 2.10. The summed E-state index contributed by atoms with van der Waals surface area (Å²) >= 11 is 0. The molecule has 2 rings (SSSR count). The van der Waals surface area contributed by atoms with Crippen molar-refractivity contribution in [1.29, 1.82) is 0 Å². The molecule has 14 heavy (non-hydrogen) atoms. The van der Waals surface area contributed by atoms with Crippen LogP contribution < -0.4 is 5.32 Å². The Balaban J connectivity index is 1.73. The van der Waals surface area contributed by atoms with Crippen LogP contribution >= 0.6 is 0 Å². The second-order valence-corrected chi connectivity index (χ2v) is 3.36. The van der Waals surface area contributed by atoms with Crippen LogP contribution in [0.25, 0.3) is 0 Å². The molecule has 1 aromatic rings. The highest BCUT2D eigenvalue weighted by Crippen LogP contribution is 1.96. The Morgan fingerprint density at radius 3 is 3.14 bits per heavy atom. The first-order valence-corrected chi connectivity index (χ1v) is 4.79. The average molecular weight is 193 g/mol. The highest BCUT2D eigenvalue weighted by Gasteiger charge is 2.10. The lowest BCUT2D eigenvalue weighted by atomic mass is 10.5. The number of likely N-dealkylation sites (N-methyl/N-ethyl adjacent to an activating group) is 1. The van der Waals surface area contributed by atoms with E-state index in [2.05, 4.69) is 32.2 Å². The molecule has 1 aliphatic heterocycles. The second kappa shape index (κ2) is 4.23. The molecule has 1 aromatic heterocycles. The molecular formula is C9H15N5. The van der Waals surface area contributed by atoms with Crippen molar-refractivity contribution in [1.82, 2.24) is 20.2 Å². The summed E-state index contributed by atoms with van der Waals surface area (Å²) in [5, 5.41) is 3.29. The van der Waals surface area contributed by atoms with Crippen LogP contribution in [0, 0.1) is 0 Å². The van der Waals surface area contributed by atoms with Crippen molar-refractivity contribution in [3.8, 4) is 0 Å². The van der Waals surface area contributed by atoms with Crippen molar-refractivity contribution in [3.05, 3.63) is 18.2 Å². The molecule has 0 amide bonds. The predicted octanol–water partition coefficient (Wildman–Crippen LogP) is -0.157. The van der Waals surface area contributed by atoms with Gasteiger partial charge in [-0.2, -0.15) is 0 Å². The fourth-order valence-corrected chi connectivity index (χ4v) is 1.46. The predicted molar refractivity (Wildman–Crippen MR) is 55.2 cm³/mol. The van der Waals surface area contributed by atoms with Gasteiger partial charge in [0.25, 0.3) is 0 Å². The van der Waals surface area contributed by atoms with Gasteiger partial charge in [0.2, 0.25) is 0 Å². The molecule has 0 bridgehead atoms. The molecule has 0 radical (unpaired) electrons. The number of hydrogen-bond acceptors (Lipinski definition) is 4. The van der Waals surface area contributed by atoms with E-state index in [1.54, 1.807) is 6.20 Å². The van der Waals surface area contributed by atoms with Gasteiger partial charge in [-0.3, -0.25) is 4.99 Å². The molecular weight excluding hydrogens is 178 g/mol. The van der Waals surface area contributed by atoms with Crippen molar-refractivity contribution in [2.24, 2.45) is 4.99 Å².